The van der Waals surface area contributed by atoms with Crippen LogP contribution in [0.5, 0.6) is 5.75 Å². The summed E-state index contributed by atoms with van der Waals surface area (Å²) in [5.41, 5.74) is 9.44. The number of pyridine rings is 1. The number of aromatic nitrogens is 1. The Morgan fingerprint density at radius 2 is 1.90 bits per heavy atom. The maximum absolute atomic E-state index is 12.6. The highest BCUT2D eigenvalue weighted by Gasteiger charge is 2.12. The number of halogens is 1. The van der Waals surface area contributed by atoms with Crippen molar-refractivity contribution >= 4 is 28.5 Å². The standard InChI is InChI=1S/C22H20FN3O3S/c23-14-30-21(27)13-29-19-3-1-2-15(10-19)20-11-16(4-5-17(20)12-24)22(28)26-18-6-8-25-9-7-18/h1-11H,12-14,24H2,(H,25,26,28). The van der Waals surface area contributed by atoms with Crippen LogP contribution in [0.25, 0.3) is 11.1 Å². The summed E-state index contributed by atoms with van der Waals surface area (Å²) in [6.07, 6.45) is 3.20. The molecule has 6 nitrogen and oxygen atoms in total. The molecule has 154 valence electrons. The number of anilines is 1. The number of nitrogens with two attached hydrogens (primary N) is 1. The van der Waals surface area contributed by atoms with Crippen molar-refractivity contribution in [3.63, 3.8) is 0 Å². The van der Waals surface area contributed by atoms with E-state index in [0.717, 1.165) is 16.7 Å². The van der Waals surface area contributed by atoms with Gasteiger partial charge in [0.25, 0.3) is 5.91 Å². The van der Waals surface area contributed by atoms with Gasteiger partial charge in [-0.15, -0.1) is 0 Å². The number of hydrogen-bond donors (Lipinski definition) is 2. The number of nitrogens with one attached hydrogen (secondary N) is 1. The first-order valence-electron chi connectivity index (χ1n) is 9.10. The summed E-state index contributed by atoms with van der Waals surface area (Å²) in [6.45, 7) is 0.0640. The minimum Gasteiger partial charge on any atom is -0.485 e. The van der Waals surface area contributed by atoms with Crippen LogP contribution in [0.1, 0.15) is 15.9 Å². The van der Waals surface area contributed by atoms with Crippen molar-refractivity contribution in [1.82, 2.24) is 4.98 Å². The van der Waals surface area contributed by atoms with E-state index in [9.17, 15) is 14.0 Å². The third-order valence-corrected chi connectivity index (χ3v) is 4.80. The van der Waals surface area contributed by atoms with E-state index in [2.05, 4.69) is 10.3 Å². The second-order valence-corrected chi connectivity index (χ2v) is 7.17. The monoisotopic (exact) mass is 425 g/mol. The van der Waals surface area contributed by atoms with Gasteiger partial charge in [-0.1, -0.05) is 30.0 Å². The largest absolute Gasteiger partial charge is 0.485 e. The average molecular weight is 425 g/mol. The fourth-order valence-electron chi connectivity index (χ4n) is 2.80. The van der Waals surface area contributed by atoms with E-state index in [1.54, 1.807) is 54.9 Å². The molecule has 3 aromatic rings. The molecule has 0 saturated carbocycles. The first kappa shape index (κ1) is 21.5. The number of hydrogen-bond acceptors (Lipinski definition) is 6. The lowest BCUT2D eigenvalue weighted by Crippen LogP contribution is -2.12. The SMILES string of the molecule is NCc1ccc(C(=O)Nc2ccncc2)cc1-c1cccc(OCC(=O)SCF)c1. The van der Waals surface area contributed by atoms with Crippen molar-refractivity contribution in [3.8, 4) is 16.9 Å². The van der Waals surface area contributed by atoms with Crippen LogP contribution >= 0.6 is 11.8 Å². The zero-order valence-electron chi connectivity index (χ0n) is 16.0. The van der Waals surface area contributed by atoms with Crippen LogP contribution in [0.2, 0.25) is 0 Å². The smallest absolute Gasteiger partial charge is 0.255 e. The molecule has 1 aromatic heterocycles. The molecule has 0 saturated heterocycles. The Kier molecular flexibility index (Phi) is 7.53. The summed E-state index contributed by atoms with van der Waals surface area (Å²) >= 11 is 0.568. The second kappa shape index (κ2) is 10.5. The summed E-state index contributed by atoms with van der Waals surface area (Å²) in [6, 6.07) is 15.0. The molecule has 3 N–H and O–H groups in total. The van der Waals surface area contributed by atoms with Gasteiger partial charge in [0.15, 0.2) is 6.61 Å². The molecule has 0 aliphatic carbocycles. The predicted octanol–water partition coefficient (Wildman–Crippen LogP) is 4.03. The van der Waals surface area contributed by atoms with Crippen molar-refractivity contribution in [2.45, 2.75) is 6.54 Å². The fraction of sp³-hybridized carbons (Fsp3) is 0.136. The van der Waals surface area contributed by atoms with Crippen LogP contribution < -0.4 is 15.8 Å². The predicted molar refractivity (Wildman–Crippen MR) is 116 cm³/mol. The van der Waals surface area contributed by atoms with Gasteiger partial charge in [-0.2, -0.15) is 0 Å². The molecule has 3 rings (SSSR count). The molecule has 0 spiro atoms. The number of rotatable bonds is 8. The molecular weight excluding hydrogens is 405 g/mol. The third kappa shape index (κ3) is 5.65. The number of nitrogens with zero attached hydrogens (tertiary/aromatic N) is 1. The van der Waals surface area contributed by atoms with E-state index >= 15 is 0 Å². The Hall–Kier alpha value is -3.23. The molecule has 30 heavy (non-hydrogen) atoms. The minimum atomic E-state index is -0.781. The van der Waals surface area contributed by atoms with Crippen molar-refractivity contribution in [1.29, 1.82) is 0 Å². The van der Waals surface area contributed by atoms with Gasteiger partial charge in [0, 0.05) is 30.2 Å². The molecule has 1 heterocycles. The van der Waals surface area contributed by atoms with Crippen molar-refractivity contribution in [3.05, 3.63) is 78.1 Å². The Morgan fingerprint density at radius 1 is 1.10 bits per heavy atom. The molecule has 0 radical (unpaired) electrons. The zero-order valence-corrected chi connectivity index (χ0v) is 16.8. The topological polar surface area (TPSA) is 94.3 Å². The van der Waals surface area contributed by atoms with E-state index in [4.69, 9.17) is 10.5 Å². The van der Waals surface area contributed by atoms with Gasteiger partial charge in [-0.3, -0.25) is 14.6 Å². The Morgan fingerprint density at radius 3 is 2.63 bits per heavy atom. The van der Waals surface area contributed by atoms with Crippen molar-refractivity contribution < 1.29 is 18.7 Å². The maximum atomic E-state index is 12.6. The molecule has 2 aromatic carbocycles. The summed E-state index contributed by atoms with van der Waals surface area (Å²) < 4.78 is 17.7. The highest BCUT2D eigenvalue weighted by Crippen LogP contribution is 2.28. The van der Waals surface area contributed by atoms with Crippen LogP contribution in [0.15, 0.2) is 67.0 Å². The molecule has 1 amide bonds. The van der Waals surface area contributed by atoms with E-state index in [1.165, 1.54) is 0 Å². The number of carbonyl (C=O) groups excluding carboxylic acids is 2. The van der Waals surface area contributed by atoms with E-state index in [1.807, 2.05) is 12.1 Å². The number of amides is 1. The number of alkyl halides is 1. The number of carbonyl (C=O) groups is 2. The minimum absolute atomic E-state index is 0.226. The fourth-order valence-corrected chi connectivity index (χ4v) is 3.07. The van der Waals surface area contributed by atoms with Gasteiger partial charge in [0.05, 0.1) is 0 Å². The summed E-state index contributed by atoms with van der Waals surface area (Å²) in [4.78, 5) is 28.0. The molecule has 0 atom stereocenters. The number of thioether (sulfide) groups is 1. The summed E-state index contributed by atoms with van der Waals surface area (Å²) in [5, 5.41) is 2.44. The lowest BCUT2D eigenvalue weighted by Gasteiger charge is -2.13. The quantitative estimate of drug-likeness (QED) is 0.566. The van der Waals surface area contributed by atoms with E-state index in [-0.39, 0.29) is 24.2 Å². The van der Waals surface area contributed by atoms with Crippen LogP contribution in [-0.2, 0) is 11.3 Å². The van der Waals surface area contributed by atoms with Gasteiger partial charge < -0.3 is 15.8 Å². The molecule has 0 unspecified atom stereocenters. The first-order valence-corrected chi connectivity index (χ1v) is 10.1. The van der Waals surface area contributed by atoms with Gasteiger partial charge in [0.1, 0.15) is 11.8 Å². The summed E-state index contributed by atoms with van der Waals surface area (Å²) in [5.74, 6) is 0.210. The van der Waals surface area contributed by atoms with Crippen LogP contribution in [0, 0.1) is 0 Å². The van der Waals surface area contributed by atoms with Gasteiger partial charge in [-0.05, 0) is 53.1 Å². The lowest BCUT2D eigenvalue weighted by molar-refractivity contribution is -0.112. The Bertz CT molecular complexity index is 1030. The number of benzene rings is 2. The second-order valence-electron chi connectivity index (χ2n) is 6.21. The Balaban J connectivity index is 1.84. The van der Waals surface area contributed by atoms with Crippen LogP contribution in [-0.4, -0.2) is 28.6 Å². The highest BCUT2D eigenvalue weighted by molar-refractivity contribution is 8.13. The van der Waals surface area contributed by atoms with Gasteiger partial charge in [-0.25, -0.2) is 4.39 Å². The van der Waals surface area contributed by atoms with E-state index < -0.39 is 6.01 Å². The summed E-state index contributed by atoms with van der Waals surface area (Å²) in [7, 11) is 0. The number of ether oxygens (including phenoxy) is 1. The van der Waals surface area contributed by atoms with Crippen molar-refractivity contribution in [2.75, 3.05) is 17.9 Å². The highest BCUT2D eigenvalue weighted by atomic mass is 32.2. The maximum Gasteiger partial charge on any atom is 0.255 e. The molecule has 0 bridgehead atoms. The van der Waals surface area contributed by atoms with Crippen LogP contribution in [0.3, 0.4) is 0 Å². The molecule has 8 heteroatoms. The average Bonchev–Trinajstić information content (AvgIpc) is 2.78. The van der Waals surface area contributed by atoms with E-state index in [0.29, 0.717) is 28.8 Å². The normalized spacial score (nSPS) is 10.5. The van der Waals surface area contributed by atoms with Crippen molar-refractivity contribution in [2.24, 2.45) is 5.73 Å². The van der Waals surface area contributed by atoms with Gasteiger partial charge in [0.2, 0.25) is 5.12 Å². The zero-order chi connectivity index (χ0) is 21.3. The third-order valence-electron chi connectivity index (χ3n) is 4.25. The first-order chi connectivity index (χ1) is 14.6. The molecule has 0 aliphatic rings. The molecule has 0 aliphatic heterocycles. The van der Waals surface area contributed by atoms with Gasteiger partial charge >= 0.3 is 0 Å². The lowest BCUT2D eigenvalue weighted by atomic mass is 9.96. The Labute approximate surface area is 177 Å². The molecule has 0 fully saturated rings. The van der Waals surface area contributed by atoms with Crippen LogP contribution in [0.4, 0.5) is 10.1 Å². The molecular formula is C22H20FN3O3S.